The summed E-state index contributed by atoms with van der Waals surface area (Å²) in [5.41, 5.74) is 2.71. The molecule has 1 atom stereocenters. The molecule has 1 N–H and O–H groups in total. The first-order valence-corrected chi connectivity index (χ1v) is 7.72. The van der Waals surface area contributed by atoms with Crippen LogP contribution in [0.3, 0.4) is 0 Å². The molecule has 3 aromatic rings. The molecule has 1 aromatic carbocycles. The van der Waals surface area contributed by atoms with Gasteiger partial charge in [0, 0.05) is 5.56 Å². The lowest BCUT2D eigenvalue weighted by molar-refractivity contribution is 0.563. The number of imidazole rings is 1. The molecule has 0 saturated carbocycles. The van der Waals surface area contributed by atoms with Crippen molar-refractivity contribution in [2.24, 2.45) is 0 Å². The van der Waals surface area contributed by atoms with Crippen molar-refractivity contribution in [3.05, 3.63) is 66.6 Å². The van der Waals surface area contributed by atoms with Crippen LogP contribution in [0.25, 0.3) is 16.9 Å². The molecule has 0 saturated heterocycles. The Hall–Kier alpha value is -2.38. The quantitative estimate of drug-likeness (QED) is 0.751. The normalized spacial score (nSPS) is 12.3. The fourth-order valence-electron chi connectivity index (χ4n) is 2.13. The third kappa shape index (κ3) is 3.10. The van der Waals surface area contributed by atoms with Crippen LogP contribution in [0.2, 0.25) is 0 Å². The first-order valence-electron chi connectivity index (χ1n) is 6.44. The number of hydrogen-bond donors (Lipinski definition) is 1. The molecule has 22 heavy (non-hydrogen) atoms. The number of aromatic nitrogens is 3. The van der Waals surface area contributed by atoms with E-state index in [1.807, 2.05) is 0 Å². The van der Waals surface area contributed by atoms with Crippen molar-refractivity contribution in [3.63, 3.8) is 0 Å². The van der Waals surface area contributed by atoms with E-state index < -0.39 is 11.1 Å². The smallest absolute Gasteiger partial charge is 0.158 e. The molecule has 0 fully saturated rings. The van der Waals surface area contributed by atoms with E-state index >= 15 is 0 Å². The Balaban J connectivity index is 1.96. The SMILES string of the molecule is O=S(O)Cc1ccc(-n2cncc2-c2cccc(F)c2)cn1. The van der Waals surface area contributed by atoms with Gasteiger partial charge >= 0.3 is 0 Å². The number of benzene rings is 1. The predicted octanol–water partition coefficient (Wildman–Crippen LogP) is 2.80. The van der Waals surface area contributed by atoms with E-state index in [-0.39, 0.29) is 11.6 Å². The molecule has 3 rings (SSSR count). The Labute approximate surface area is 128 Å². The zero-order valence-corrected chi connectivity index (χ0v) is 12.2. The van der Waals surface area contributed by atoms with Gasteiger partial charge in [0.25, 0.3) is 0 Å². The van der Waals surface area contributed by atoms with Crippen molar-refractivity contribution in [2.75, 3.05) is 0 Å². The highest BCUT2D eigenvalue weighted by molar-refractivity contribution is 7.78. The van der Waals surface area contributed by atoms with E-state index in [4.69, 9.17) is 4.55 Å². The van der Waals surface area contributed by atoms with Gasteiger partial charge in [0.15, 0.2) is 11.1 Å². The minimum Gasteiger partial charge on any atom is -0.306 e. The summed E-state index contributed by atoms with van der Waals surface area (Å²) in [5.74, 6) is -0.329. The average molecular weight is 317 g/mol. The molecule has 2 aromatic heterocycles. The summed E-state index contributed by atoms with van der Waals surface area (Å²) in [5, 5.41) is 0. The van der Waals surface area contributed by atoms with E-state index in [1.165, 1.54) is 12.1 Å². The molecule has 5 nitrogen and oxygen atoms in total. The molecule has 7 heteroatoms. The highest BCUT2D eigenvalue weighted by atomic mass is 32.2. The van der Waals surface area contributed by atoms with Gasteiger partial charge in [0.2, 0.25) is 0 Å². The lowest BCUT2D eigenvalue weighted by Gasteiger charge is -2.08. The Bertz CT molecular complexity index is 818. The molecular weight excluding hydrogens is 305 g/mol. The summed E-state index contributed by atoms with van der Waals surface area (Å²) in [6, 6.07) is 9.71. The molecule has 1 unspecified atom stereocenters. The van der Waals surface area contributed by atoms with Gasteiger partial charge in [-0.1, -0.05) is 12.1 Å². The fraction of sp³-hybridized carbons (Fsp3) is 0.0667. The van der Waals surface area contributed by atoms with Gasteiger partial charge < -0.3 is 4.55 Å². The lowest BCUT2D eigenvalue weighted by Crippen LogP contribution is -2.00. The van der Waals surface area contributed by atoms with Crippen LogP contribution in [-0.4, -0.2) is 23.3 Å². The maximum Gasteiger partial charge on any atom is 0.158 e. The largest absolute Gasteiger partial charge is 0.306 e. The molecule has 0 bridgehead atoms. The van der Waals surface area contributed by atoms with E-state index in [9.17, 15) is 8.60 Å². The number of halogens is 1. The van der Waals surface area contributed by atoms with Crippen LogP contribution in [-0.2, 0) is 16.8 Å². The van der Waals surface area contributed by atoms with E-state index in [0.29, 0.717) is 11.3 Å². The second kappa shape index (κ2) is 6.17. The second-order valence-electron chi connectivity index (χ2n) is 4.63. The van der Waals surface area contributed by atoms with E-state index in [0.717, 1.165) is 11.4 Å². The molecule has 0 aliphatic carbocycles. The van der Waals surface area contributed by atoms with Gasteiger partial charge in [-0.3, -0.25) is 9.55 Å². The Morgan fingerprint density at radius 3 is 2.77 bits per heavy atom. The number of nitrogens with zero attached hydrogens (tertiary/aromatic N) is 3. The van der Waals surface area contributed by atoms with Crippen LogP contribution in [0, 0.1) is 5.82 Å². The van der Waals surface area contributed by atoms with Gasteiger partial charge in [-0.2, -0.15) is 0 Å². The highest BCUT2D eigenvalue weighted by Crippen LogP contribution is 2.23. The zero-order chi connectivity index (χ0) is 15.5. The van der Waals surface area contributed by atoms with Gasteiger partial charge in [0.05, 0.1) is 41.5 Å². The second-order valence-corrected chi connectivity index (χ2v) is 5.56. The number of rotatable bonds is 4. The maximum absolute atomic E-state index is 13.4. The summed E-state index contributed by atoms with van der Waals surface area (Å²) in [6.45, 7) is 0. The molecule has 112 valence electrons. The molecule has 0 amide bonds. The molecule has 0 aliphatic heterocycles. The Morgan fingerprint density at radius 1 is 1.23 bits per heavy atom. The summed E-state index contributed by atoms with van der Waals surface area (Å²) < 4.78 is 34.8. The number of hydrogen-bond acceptors (Lipinski definition) is 3. The minimum atomic E-state index is -1.92. The van der Waals surface area contributed by atoms with Crippen LogP contribution in [0.1, 0.15) is 5.69 Å². The summed E-state index contributed by atoms with van der Waals surface area (Å²) >= 11 is -1.92. The fourth-order valence-corrected chi connectivity index (χ4v) is 2.56. The monoisotopic (exact) mass is 317 g/mol. The van der Waals surface area contributed by atoms with Crippen molar-refractivity contribution in [1.82, 2.24) is 14.5 Å². The average Bonchev–Trinajstić information content (AvgIpc) is 2.97. The van der Waals surface area contributed by atoms with Crippen molar-refractivity contribution >= 4 is 11.1 Å². The van der Waals surface area contributed by atoms with Crippen LogP contribution < -0.4 is 0 Å². The Kier molecular flexibility index (Phi) is 4.08. The van der Waals surface area contributed by atoms with Crippen LogP contribution >= 0.6 is 0 Å². The molecule has 0 spiro atoms. The van der Waals surface area contributed by atoms with E-state index in [1.54, 1.807) is 47.6 Å². The van der Waals surface area contributed by atoms with Crippen LogP contribution in [0.5, 0.6) is 0 Å². The third-order valence-corrected chi connectivity index (χ3v) is 3.66. The zero-order valence-electron chi connectivity index (χ0n) is 11.4. The lowest BCUT2D eigenvalue weighted by atomic mass is 10.1. The summed E-state index contributed by atoms with van der Waals surface area (Å²) in [4.78, 5) is 8.25. The topological polar surface area (TPSA) is 68.0 Å². The van der Waals surface area contributed by atoms with Crippen LogP contribution in [0.4, 0.5) is 4.39 Å². The summed E-state index contributed by atoms with van der Waals surface area (Å²) in [6.07, 6.45) is 4.85. The predicted molar refractivity (Wildman–Crippen MR) is 81.2 cm³/mol. The molecule has 2 heterocycles. The first kappa shape index (κ1) is 14.6. The van der Waals surface area contributed by atoms with Crippen molar-refractivity contribution in [1.29, 1.82) is 0 Å². The van der Waals surface area contributed by atoms with E-state index in [2.05, 4.69) is 9.97 Å². The summed E-state index contributed by atoms with van der Waals surface area (Å²) in [7, 11) is 0. The van der Waals surface area contributed by atoms with Gasteiger partial charge in [-0.15, -0.1) is 0 Å². The minimum absolute atomic E-state index is 0.0129. The van der Waals surface area contributed by atoms with Crippen molar-refractivity contribution in [3.8, 4) is 16.9 Å². The number of pyridine rings is 1. The maximum atomic E-state index is 13.4. The highest BCUT2D eigenvalue weighted by Gasteiger charge is 2.08. The van der Waals surface area contributed by atoms with Crippen molar-refractivity contribution < 1.29 is 13.2 Å². The third-order valence-electron chi connectivity index (χ3n) is 3.12. The molecular formula is C15H12FN3O2S. The van der Waals surface area contributed by atoms with Gasteiger partial charge in [-0.25, -0.2) is 13.6 Å². The van der Waals surface area contributed by atoms with Crippen LogP contribution in [0.15, 0.2) is 55.1 Å². The van der Waals surface area contributed by atoms with Crippen molar-refractivity contribution in [2.45, 2.75) is 5.75 Å². The Morgan fingerprint density at radius 2 is 2.09 bits per heavy atom. The molecule has 0 radical (unpaired) electrons. The molecule has 0 aliphatic rings. The standard InChI is InChI=1S/C15H12FN3O2S/c16-12-3-1-2-11(6-12)15-8-17-10-19(15)14-5-4-13(18-7-14)9-22(20)21/h1-8,10H,9H2,(H,20,21). The van der Waals surface area contributed by atoms with Gasteiger partial charge in [-0.05, 0) is 24.3 Å². The van der Waals surface area contributed by atoms with Gasteiger partial charge in [0.1, 0.15) is 5.82 Å². The first-order chi connectivity index (χ1) is 10.6.